The number of aromatic carboxylic acids is 2. The number of nitrogens with zero attached hydrogens (tertiary/aromatic N) is 1. The molecule has 0 saturated heterocycles. The monoisotopic (exact) mass is 511 g/mol. The Morgan fingerprint density at radius 2 is 1.26 bits per heavy atom. The number of carboxylic acid groups (broad SMARTS) is 2. The first-order valence-corrected chi connectivity index (χ1v) is 12.1. The van der Waals surface area contributed by atoms with E-state index in [1.54, 1.807) is 6.07 Å². The van der Waals surface area contributed by atoms with Gasteiger partial charge in [0, 0.05) is 12.5 Å². The van der Waals surface area contributed by atoms with Crippen molar-refractivity contribution < 1.29 is 41.0 Å². The Bertz CT molecular complexity index is 1330. The normalized spacial score (nSPS) is 11.1. The maximum Gasteiger partial charge on any atom is 0.337 e. The zero-order chi connectivity index (χ0) is 24.3. The molecule has 0 aliphatic heterocycles. The molecule has 0 amide bonds. The zero-order valence-corrected chi connectivity index (χ0v) is 18.7. The van der Waals surface area contributed by atoms with Crippen molar-refractivity contribution >= 4 is 54.8 Å². The third kappa shape index (κ3) is 6.63. The molecule has 0 aromatic heterocycles. The Hall–Kier alpha value is -2.72. The van der Waals surface area contributed by atoms with Crippen molar-refractivity contribution in [2.24, 2.45) is 0 Å². The van der Waals surface area contributed by atoms with E-state index in [1.165, 1.54) is 0 Å². The highest BCUT2D eigenvalue weighted by molar-refractivity contribution is 7.91. The standard InChI is InChI=1S/C9H6ClNO4S.C8H6ClFO4S/c1-16(14,15)8-3-6(9(12)13)7(10)2-5(8)4-11;1-15(13,14)7-2-4(8(11)12)5(9)3-6(7)10/h2-3H,1H3,(H,12,13);2-3H,1H3,(H,11,12). The second-order valence-electron chi connectivity index (χ2n) is 5.86. The molecule has 0 bridgehead atoms. The van der Waals surface area contributed by atoms with Crippen LogP contribution in [-0.4, -0.2) is 51.5 Å². The summed E-state index contributed by atoms with van der Waals surface area (Å²) in [6.45, 7) is 0. The topological polar surface area (TPSA) is 167 Å². The average molecular weight is 512 g/mol. The Morgan fingerprint density at radius 1 is 0.871 bits per heavy atom. The summed E-state index contributed by atoms with van der Waals surface area (Å²) in [5.74, 6) is -3.82. The minimum absolute atomic E-state index is 0.169. The molecule has 0 radical (unpaired) electrons. The second kappa shape index (κ2) is 9.61. The molecule has 2 N–H and O–H groups in total. The van der Waals surface area contributed by atoms with Crippen LogP contribution in [-0.2, 0) is 19.7 Å². The van der Waals surface area contributed by atoms with E-state index in [0.717, 1.165) is 24.6 Å². The first-order valence-electron chi connectivity index (χ1n) is 7.60. The van der Waals surface area contributed by atoms with Gasteiger partial charge in [0.05, 0.1) is 31.6 Å². The lowest BCUT2D eigenvalue weighted by Crippen LogP contribution is -2.05. The van der Waals surface area contributed by atoms with Crippen LogP contribution in [0.15, 0.2) is 34.1 Å². The summed E-state index contributed by atoms with van der Waals surface area (Å²) in [5.41, 5.74) is -0.961. The highest BCUT2D eigenvalue weighted by atomic mass is 35.5. The molecule has 31 heavy (non-hydrogen) atoms. The van der Waals surface area contributed by atoms with Gasteiger partial charge in [-0.25, -0.2) is 30.8 Å². The molecule has 0 atom stereocenters. The van der Waals surface area contributed by atoms with Crippen molar-refractivity contribution in [3.63, 3.8) is 0 Å². The predicted molar refractivity (Wildman–Crippen MR) is 108 cm³/mol. The number of hydrogen-bond acceptors (Lipinski definition) is 7. The van der Waals surface area contributed by atoms with Crippen LogP contribution in [0.25, 0.3) is 0 Å². The summed E-state index contributed by atoms with van der Waals surface area (Å²) in [6, 6.07) is 4.94. The van der Waals surface area contributed by atoms with Gasteiger partial charge in [0.1, 0.15) is 16.8 Å². The number of sulfone groups is 2. The fourth-order valence-electron chi connectivity index (χ4n) is 2.09. The van der Waals surface area contributed by atoms with Gasteiger partial charge in [0.15, 0.2) is 19.7 Å². The molecule has 0 heterocycles. The number of rotatable bonds is 4. The van der Waals surface area contributed by atoms with Crippen molar-refractivity contribution in [2.45, 2.75) is 9.79 Å². The van der Waals surface area contributed by atoms with Crippen molar-refractivity contribution in [1.29, 1.82) is 5.26 Å². The molecule has 0 unspecified atom stereocenters. The van der Waals surface area contributed by atoms with E-state index < -0.39 is 47.9 Å². The van der Waals surface area contributed by atoms with Gasteiger partial charge in [0.2, 0.25) is 0 Å². The highest BCUT2D eigenvalue weighted by Crippen LogP contribution is 2.25. The number of carbonyl (C=O) groups is 2. The maximum atomic E-state index is 13.1. The predicted octanol–water partition coefficient (Wildman–Crippen LogP) is 2.89. The van der Waals surface area contributed by atoms with Gasteiger partial charge in [-0.2, -0.15) is 5.26 Å². The van der Waals surface area contributed by atoms with Gasteiger partial charge in [0.25, 0.3) is 0 Å². The van der Waals surface area contributed by atoms with E-state index in [-0.39, 0.29) is 26.1 Å². The van der Waals surface area contributed by atoms with Crippen molar-refractivity contribution in [1.82, 2.24) is 0 Å². The third-order valence-electron chi connectivity index (χ3n) is 3.47. The van der Waals surface area contributed by atoms with Gasteiger partial charge >= 0.3 is 11.9 Å². The number of nitriles is 1. The van der Waals surface area contributed by atoms with E-state index in [9.17, 15) is 30.8 Å². The number of benzene rings is 2. The minimum Gasteiger partial charge on any atom is -0.478 e. The maximum absolute atomic E-state index is 13.1. The zero-order valence-electron chi connectivity index (χ0n) is 15.6. The summed E-state index contributed by atoms with van der Waals surface area (Å²) in [7, 11) is -7.47. The van der Waals surface area contributed by atoms with Crippen LogP contribution in [0.1, 0.15) is 26.3 Å². The SMILES string of the molecule is CS(=O)(=O)c1cc(C(=O)O)c(Cl)cc1C#N.CS(=O)(=O)c1cc(C(=O)O)c(Cl)cc1F. The fraction of sp³-hybridized carbons (Fsp3) is 0.118. The first kappa shape index (κ1) is 26.3. The van der Waals surface area contributed by atoms with Gasteiger partial charge in [-0.1, -0.05) is 23.2 Å². The molecule has 166 valence electrons. The van der Waals surface area contributed by atoms with Crippen LogP contribution >= 0.6 is 23.2 Å². The molecule has 14 heteroatoms. The first-order chi connectivity index (χ1) is 14.0. The van der Waals surface area contributed by atoms with Crippen LogP contribution in [0.5, 0.6) is 0 Å². The molecule has 0 spiro atoms. The van der Waals surface area contributed by atoms with Gasteiger partial charge in [-0.05, 0) is 24.3 Å². The van der Waals surface area contributed by atoms with Gasteiger partial charge < -0.3 is 10.2 Å². The Balaban J connectivity index is 0.000000311. The smallest absolute Gasteiger partial charge is 0.337 e. The highest BCUT2D eigenvalue weighted by Gasteiger charge is 2.20. The van der Waals surface area contributed by atoms with Crippen molar-refractivity contribution in [3.05, 3.63) is 56.8 Å². The van der Waals surface area contributed by atoms with Crippen LogP contribution in [0, 0.1) is 17.1 Å². The molecule has 0 aliphatic carbocycles. The summed E-state index contributed by atoms with van der Waals surface area (Å²) < 4.78 is 57.9. The Labute approximate surface area is 186 Å². The van der Waals surface area contributed by atoms with E-state index >= 15 is 0 Å². The fourth-order valence-corrected chi connectivity index (χ4v) is 4.15. The molecule has 0 aliphatic rings. The van der Waals surface area contributed by atoms with Crippen molar-refractivity contribution in [3.8, 4) is 6.07 Å². The largest absolute Gasteiger partial charge is 0.478 e. The molecule has 2 aromatic carbocycles. The number of halogens is 3. The summed E-state index contributed by atoms with van der Waals surface area (Å²) in [6.07, 6.45) is 1.67. The number of carboxylic acids is 2. The molecular formula is C17H12Cl2FNO8S2. The van der Waals surface area contributed by atoms with E-state index in [0.29, 0.717) is 12.1 Å². The van der Waals surface area contributed by atoms with Crippen LogP contribution in [0.3, 0.4) is 0 Å². The number of hydrogen-bond donors (Lipinski definition) is 2. The second-order valence-corrected chi connectivity index (χ2v) is 10.6. The average Bonchev–Trinajstić information content (AvgIpc) is 2.59. The molecule has 2 aromatic rings. The Kier molecular flexibility index (Phi) is 8.16. The van der Waals surface area contributed by atoms with Gasteiger partial charge in [-0.15, -0.1) is 0 Å². The molecule has 9 nitrogen and oxygen atoms in total. The van der Waals surface area contributed by atoms with Crippen LogP contribution < -0.4 is 0 Å². The summed E-state index contributed by atoms with van der Waals surface area (Å²) >= 11 is 11.0. The molecular weight excluding hydrogens is 500 g/mol. The lowest BCUT2D eigenvalue weighted by Gasteiger charge is -2.05. The Morgan fingerprint density at radius 3 is 1.61 bits per heavy atom. The quantitative estimate of drug-likeness (QED) is 0.626. The van der Waals surface area contributed by atoms with Crippen LogP contribution in [0.4, 0.5) is 4.39 Å². The lowest BCUT2D eigenvalue weighted by molar-refractivity contribution is 0.0686. The van der Waals surface area contributed by atoms with E-state index in [1.807, 2.05) is 0 Å². The van der Waals surface area contributed by atoms with E-state index in [2.05, 4.69) is 0 Å². The third-order valence-corrected chi connectivity index (χ3v) is 6.34. The molecule has 2 rings (SSSR count). The molecule has 0 saturated carbocycles. The summed E-state index contributed by atoms with van der Waals surface area (Å²) in [4.78, 5) is 20.3. The van der Waals surface area contributed by atoms with Crippen LogP contribution in [0.2, 0.25) is 10.0 Å². The lowest BCUT2D eigenvalue weighted by atomic mass is 10.1. The van der Waals surface area contributed by atoms with Crippen molar-refractivity contribution in [2.75, 3.05) is 12.5 Å². The van der Waals surface area contributed by atoms with E-state index in [4.69, 9.17) is 38.7 Å². The summed E-state index contributed by atoms with van der Waals surface area (Å²) in [5, 5.41) is 25.6. The minimum atomic E-state index is -3.80. The van der Waals surface area contributed by atoms with Gasteiger partial charge in [-0.3, -0.25) is 0 Å². The molecule has 0 fully saturated rings.